The number of nitrogens with one attached hydrogen (secondary N) is 1. The van der Waals surface area contributed by atoms with Gasteiger partial charge in [0.25, 0.3) is 5.91 Å². The standard InChI is InChI=1S/C22H20N4O/c1-15-6-8-20(9-7-15)25-22(27)19(13-23)12-18-11-16(2)26(17(18)3)21-5-4-10-24-14-21/h4-12,14H,1-3H3,(H,25,27)/b19-12-. The third-order valence-corrected chi connectivity index (χ3v) is 4.35. The summed E-state index contributed by atoms with van der Waals surface area (Å²) >= 11 is 0. The average Bonchev–Trinajstić information content (AvgIpc) is 2.95. The van der Waals surface area contributed by atoms with Crippen LogP contribution >= 0.6 is 0 Å². The first-order valence-electron chi connectivity index (χ1n) is 8.59. The van der Waals surface area contributed by atoms with Crippen molar-refractivity contribution in [2.24, 2.45) is 0 Å². The molecule has 0 bridgehead atoms. The minimum atomic E-state index is -0.424. The van der Waals surface area contributed by atoms with Crippen LogP contribution in [0.3, 0.4) is 0 Å². The molecule has 0 atom stereocenters. The molecule has 0 fully saturated rings. The molecule has 0 aliphatic rings. The highest BCUT2D eigenvalue weighted by Crippen LogP contribution is 2.22. The maximum absolute atomic E-state index is 12.5. The number of anilines is 1. The average molecular weight is 356 g/mol. The fraction of sp³-hybridized carbons (Fsp3) is 0.136. The second-order valence-corrected chi connectivity index (χ2v) is 6.36. The van der Waals surface area contributed by atoms with E-state index in [9.17, 15) is 10.1 Å². The number of aryl methyl sites for hydroxylation is 2. The second kappa shape index (κ2) is 7.71. The van der Waals surface area contributed by atoms with Crippen LogP contribution in [0.4, 0.5) is 5.69 Å². The molecule has 2 aromatic heterocycles. The van der Waals surface area contributed by atoms with Crippen LogP contribution in [0.2, 0.25) is 0 Å². The molecule has 0 unspecified atom stereocenters. The monoisotopic (exact) mass is 356 g/mol. The number of benzene rings is 1. The van der Waals surface area contributed by atoms with E-state index in [1.807, 2.05) is 73.9 Å². The molecule has 27 heavy (non-hydrogen) atoms. The van der Waals surface area contributed by atoms with Gasteiger partial charge in [0.1, 0.15) is 11.6 Å². The van der Waals surface area contributed by atoms with Gasteiger partial charge in [-0.1, -0.05) is 17.7 Å². The largest absolute Gasteiger partial charge is 0.321 e. The fourth-order valence-electron chi connectivity index (χ4n) is 2.96. The van der Waals surface area contributed by atoms with Crippen molar-refractivity contribution in [2.45, 2.75) is 20.8 Å². The minimum absolute atomic E-state index is 0.0574. The Balaban J connectivity index is 1.91. The summed E-state index contributed by atoms with van der Waals surface area (Å²) < 4.78 is 2.05. The van der Waals surface area contributed by atoms with Gasteiger partial charge in [-0.15, -0.1) is 0 Å². The minimum Gasteiger partial charge on any atom is -0.321 e. The highest BCUT2D eigenvalue weighted by molar-refractivity contribution is 6.09. The van der Waals surface area contributed by atoms with Crippen LogP contribution in [0.5, 0.6) is 0 Å². The molecule has 3 rings (SSSR count). The summed E-state index contributed by atoms with van der Waals surface area (Å²) in [6.07, 6.45) is 5.13. The Morgan fingerprint density at radius 1 is 1.19 bits per heavy atom. The van der Waals surface area contributed by atoms with E-state index in [-0.39, 0.29) is 5.57 Å². The van der Waals surface area contributed by atoms with E-state index in [0.29, 0.717) is 5.69 Å². The Morgan fingerprint density at radius 3 is 2.56 bits per heavy atom. The molecule has 134 valence electrons. The molecule has 1 N–H and O–H groups in total. The Morgan fingerprint density at radius 2 is 1.93 bits per heavy atom. The zero-order chi connectivity index (χ0) is 19.4. The quantitative estimate of drug-likeness (QED) is 0.558. The van der Waals surface area contributed by atoms with Crippen LogP contribution in [0.1, 0.15) is 22.5 Å². The van der Waals surface area contributed by atoms with Gasteiger partial charge in [0, 0.05) is 23.3 Å². The molecule has 0 radical (unpaired) electrons. The van der Waals surface area contributed by atoms with Gasteiger partial charge in [-0.2, -0.15) is 5.26 Å². The summed E-state index contributed by atoms with van der Waals surface area (Å²) in [4.78, 5) is 16.6. The summed E-state index contributed by atoms with van der Waals surface area (Å²) in [5.74, 6) is -0.424. The first kappa shape index (κ1) is 18.2. The predicted octanol–water partition coefficient (Wildman–Crippen LogP) is 4.34. The highest BCUT2D eigenvalue weighted by Gasteiger charge is 2.14. The van der Waals surface area contributed by atoms with Gasteiger partial charge in [0.15, 0.2) is 0 Å². The number of hydrogen-bond donors (Lipinski definition) is 1. The van der Waals surface area contributed by atoms with Gasteiger partial charge in [-0.25, -0.2) is 0 Å². The van der Waals surface area contributed by atoms with Gasteiger partial charge in [0.2, 0.25) is 0 Å². The first-order chi connectivity index (χ1) is 13.0. The summed E-state index contributed by atoms with van der Waals surface area (Å²) in [6.45, 7) is 5.92. The summed E-state index contributed by atoms with van der Waals surface area (Å²) in [6, 6.07) is 15.3. The van der Waals surface area contributed by atoms with Crippen molar-refractivity contribution < 1.29 is 4.79 Å². The third-order valence-electron chi connectivity index (χ3n) is 4.35. The lowest BCUT2D eigenvalue weighted by molar-refractivity contribution is -0.112. The SMILES string of the molecule is Cc1ccc(NC(=O)/C(C#N)=C\c2cc(C)n(-c3cccnc3)c2C)cc1. The normalized spacial score (nSPS) is 11.1. The Labute approximate surface area is 158 Å². The first-order valence-corrected chi connectivity index (χ1v) is 8.59. The molecular formula is C22H20N4O. The number of hydrogen-bond acceptors (Lipinski definition) is 3. The van der Waals surface area contributed by atoms with Crippen molar-refractivity contribution in [3.63, 3.8) is 0 Å². The van der Waals surface area contributed by atoms with E-state index >= 15 is 0 Å². The van der Waals surface area contributed by atoms with Crippen molar-refractivity contribution in [3.05, 3.63) is 82.9 Å². The number of rotatable bonds is 4. The molecule has 3 aromatic rings. The molecule has 2 heterocycles. The van der Waals surface area contributed by atoms with Crippen LogP contribution in [0.25, 0.3) is 11.8 Å². The van der Waals surface area contributed by atoms with Gasteiger partial charge in [-0.05, 0) is 62.7 Å². The van der Waals surface area contributed by atoms with E-state index in [0.717, 1.165) is 28.2 Å². The van der Waals surface area contributed by atoms with Gasteiger partial charge in [0.05, 0.1) is 11.9 Å². The zero-order valence-electron chi connectivity index (χ0n) is 15.5. The molecule has 0 saturated heterocycles. The summed E-state index contributed by atoms with van der Waals surface area (Å²) in [5, 5.41) is 12.2. The molecule has 1 amide bonds. The summed E-state index contributed by atoms with van der Waals surface area (Å²) in [5.41, 5.74) is 5.53. The number of carbonyl (C=O) groups excluding carboxylic acids is 1. The number of amides is 1. The molecular weight excluding hydrogens is 336 g/mol. The zero-order valence-corrected chi connectivity index (χ0v) is 15.5. The van der Waals surface area contributed by atoms with Crippen molar-refractivity contribution in [2.75, 3.05) is 5.32 Å². The fourth-order valence-corrected chi connectivity index (χ4v) is 2.96. The number of nitrogens with zero attached hydrogens (tertiary/aromatic N) is 3. The molecule has 5 heteroatoms. The Bertz CT molecular complexity index is 1040. The topological polar surface area (TPSA) is 70.7 Å². The maximum atomic E-state index is 12.5. The second-order valence-electron chi connectivity index (χ2n) is 6.36. The van der Waals surface area contributed by atoms with Crippen molar-refractivity contribution >= 4 is 17.7 Å². The Hall–Kier alpha value is -3.65. The van der Waals surface area contributed by atoms with Gasteiger partial charge in [-0.3, -0.25) is 9.78 Å². The van der Waals surface area contributed by atoms with Crippen LogP contribution in [-0.2, 0) is 4.79 Å². The highest BCUT2D eigenvalue weighted by atomic mass is 16.1. The van der Waals surface area contributed by atoms with E-state index in [4.69, 9.17) is 0 Å². The number of nitriles is 1. The number of carbonyl (C=O) groups is 1. The third kappa shape index (κ3) is 3.96. The van der Waals surface area contributed by atoms with Crippen molar-refractivity contribution in [3.8, 4) is 11.8 Å². The molecule has 0 spiro atoms. The summed E-state index contributed by atoms with van der Waals surface area (Å²) in [7, 11) is 0. The molecule has 1 aromatic carbocycles. The molecule has 0 aliphatic carbocycles. The van der Waals surface area contributed by atoms with E-state index in [1.165, 1.54) is 0 Å². The van der Waals surface area contributed by atoms with Crippen LogP contribution in [0.15, 0.2) is 60.4 Å². The van der Waals surface area contributed by atoms with Crippen LogP contribution < -0.4 is 5.32 Å². The lowest BCUT2D eigenvalue weighted by Gasteiger charge is -2.08. The van der Waals surface area contributed by atoms with Crippen LogP contribution in [-0.4, -0.2) is 15.5 Å². The smallest absolute Gasteiger partial charge is 0.266 e. The van der Waals surface area contributed by atoms with Crippen molar-refractivity contribution in [1.82, 2.24) is 9.55 Å². The van der Waals surface area contributed by atoms with Gasteiger partial charge >= 0.3 is 0 Å². The number of pyridine rings is 1. The molecule has 0 aliphatic heterocycles. The lowest BCUT2D eigenvalue weighted by atomic mass is 10.1. The molecule has 5 nitrogen and oxygen atoms in total. The maximum Gasteiger partial charge on any atom is 0.266 e. The number of aromatic nitrogens is 2. The lowest BCUT2D eigenvalue weighted by Crippen LogP contribution is -2.13. The predicted molar refractivity (Wildman–Crippen MR) is 106 cm³/mol. The van der Waals surface area contributed by atoms with E-state index in [1.54, 1.807) is 18.5 Å². The molecule has 0 saturated carbocycles. The van der Waals surface area contributed by atoms with Gasteiger partial charge < -0.3 is 9.88 Å². The van der Waals surface area contributed by atoms with Crippen molar-refractivity contribution in [1.29, 1.82) is 5.26 Å². The van der Waals surface area contributed by atoms with Crippen LogP contribution in [0, 0.1) is 32.1 Å². The van der Waals surface area contributed by atoms with E-state index in [2.05, 4.69) is 10.3 Å². The van der Waals surface area contributed by atoms with E-state index < -0.39 is 5.91 Å². The Kier molecular flexibility index (Phi) is 5.18.